The normalized spacial score (nSPS) is 17.2. The van der Waals surface area contributed by atoms with Gasteiger partial charge in [-0.05, 0) is 34.5 Å². The molecule has 0 aliphatic heterocycles. The summed E-state index contributed by atoms with van der Waals surface area (Å²) in [7, 11) is -2.80. The van der Waals surface area contributed by atoms with Crippen molar-refractivity contribution in [3.63, 3.8) is 0 Å². The minimum absolute atomic E-state index is 0.190. The van der Waals surface area contributed by atoms with Gasteiger partial charge in [0.05, 0.1) is 12.1 Å². The highest BCUT2D eigenvalue weighted by molar-refractivity contribution is 6.99. The van der Waals surface area contributed by atoms with Crippen molar-refractivity contribution in [1.29, 1.82) is 0 Å². The second kappa shape index (κ2) is 10.8. The van der Waals surface area contributed by atoms with E-state index in [2.05, 4.69) is 69.3 Å². The van der Waals surface area contributed by atoms with Crippen molar-refractivity contribution in [1.82, 2.24) is 9.13 Å². The smallest absolute Gasteiger partial charge is 0.338 e. The second-order valence-electron chi connectivity index (χ2n) is 11.3. The van der Waals surface area contributed by atoms with Gasteiger partial charge in [0.25, 0.3) is 19.8 Å². The van der Waals surface area contributed by atoms with Gasteiger partial charge in [0.15, 0.2) is 0 Å². The van der Waals surface area contributed by atoms with E-state index in [-0.39, 0.29) is 22.7 Å². The molecule has 1 heterocycles. The van der Waals surface area contributed by atoms with Crippen LogP contribution in [-0.4, -0.2) is 29.5 Å². The summed E-state index contributed by atoms with van der Waals surface area (Å²) in [6.07, 6.45) is 5.78. The third-order valence-electron chi connectivity index (χ3n) is 7.63. The van der Waals surface area contributed by atoms with Crippen molar-refractivity contribution in [3.05, 3.63) is 141 Å². The zero-order chi connectivity index (χ0) is 28.5. The Morgan fingerprint density at radius 3 is 1.88 bits per heavy atom. The zero-order valence-corrected chi connectivity index (χ0v) is 24.3. The van der Waals surface area contributed by atoms with Crippen LogP contribution in [0.4, 0.5) is 0 Å². The molecule has 0 radical (unpaired) electrons. The summed E-state index contributed by atoms with van der Waals surface area (Å²) < 4.78 is 9.46. The number of aromatic nitrogens is 2. The van der Waals surface area contributed by atoms with Crippen LogP contribution < -0.4 is 21.6 Å². The lowest BCUT2D eigenvalue weighted by molar-refractivity contribution is 0.0947. The van der Waals surface area contributed by atoms with Crippen LogP contribution in [0.1, 0.15) is 49.2 Å². The quantitative estimate of drug-likeness (QED) is 0.263. The molecule has 4 aromatic rings. The summed E-state index contributed by atoms with van der Waals surface area (Å²) >= 11 is 0. The lowest BCUT2D eigenvalue weighted by Crippen LogP contribution is -2.67. The van der Waals surface area contributed by atoms with E-state index in [0.717, 1.165) is 4.57 Å². The van der Waals surface area contributed by atoms with Gasteiger partial charge in [-0.3, -0.25) is 14.2 Å². The molecule has 40 heavy (non-hydrogen) atoms. The Labute approximate surface area is 235 Å². The van der Waals surface area contributed by atoms with Crippen LogP contribution >= 0.6 is 0 Å². The number of rotatable bonds is 6. The van der Waals surface area contributed by atoms with E-state index in [1.54, 1.807) is 43.5 Å². The topological polar surface area (TPSA) is 70.3 Å². The highest BCUT2D eigenvalue weighted by Gasteiger charge is 2.51. The fourth-order valence-corrected chi connectivity index (χ4v) is 10.3. The molecule has 0 saturated heterocycles. The third-order valence-corrected chi connectivity index (χ3v) is 12.7. The van der Waals surface area contributed by atoms with Gasteiger partial charge < -0.3 is 4.43 Å². The van der Waals surface area contributed by atoms with Gasteiger partial charge in [0.2, 0.25) is 0 Å². The predicted molar refractivity (Wildman–Crippen MR) is 161 cm³/mol. The lowest BCUT2D eigenvalue weighted by Gasteiger charge is -2.44. The second-order valence-corrected chi connectivity index (χ2v) is 15.6. The highest BCUT2D eigenvalue weighted by Crippen LogP contribution is 2.39. The summed E-state index contributed by atoms with van der Waals surface area (Å²) in [6.45, 7) is 8.32. The Morgan fingerprint density at radius 1 is 0.825 bits per heavy atom. The van der Waals surface area contributed by atoms with E-state index in [1.165, 1.54) is 14.9 Å². The number of allylic oxidation sites excluding steroid dienone is 1. The first-order chi connectivity index (χ1) is 19.1. The Bertz CT molecular complexity index is 1610. The fraction of sp³-hybridized carbons (Fsp3) is 0.242. The van der Waals surface area contributed by atoms with Gasteiger partial charge in [-0.15, -0.1) is 0 Å². The first-order valence-electron chi connectivity index (χ1n) is 13.6. The highest BCUT2D eigenvalue weighted by atomic mass is 28.4. The predicted octanol–water partition coefficient (Wildman–Crippen LogP) is 4.45. The van der Waals surface area contributed by atoms with Crippen molar-refractivity contribution in [2.24, 2.45) is 0 Å². The molecule has 5 rings (SSSR count). The molecule has 2 atom stereocenters. The SMILES string of the molecule is Cc1cn([C@H]2C=C[C@@H](O[Si](c3ccccc3)(c3ccccc3)C(C)(C)C)C2)c(=O)n(C(=O)c2ccccc2)c1=O. The maximum atomic E-state index is 13.6. The standard InChI is InChI=1S/C33H34N2O4Si/c1-24-23-34(32(38)35(30(24)36)31(37)25-14-8-5-9-15-25)26-20-21-27(22-26)39-40(33(2,3)4,28-16-10-6-11-17-28)29-18-12-7-13-19-29/h5-21,23,26-27H,22H2,1-4H3/t26-,27+/m0/s1. The Hall–Kier alpha value is -4.07. The molecular formula is C33H34N2O4Si. The number of aryl methyl sites for hydroxylation is 1. The molecule has 0 saturated carbocycles. The first kappa shape index (κ1) is 27.5. The van der Waals surface area contributed by atoms with Crippen molar-refractivity contribution in [2.75, 3.05) is 0 Å². The van der Waals surface area contributed by atoms with Gasteiger partial charge in [-0.1, -0.05) is 112 Å². The lowest BCUT2D eigenvalue weighted by atomic mass is 10.2. The number of nitrogens with zero attached hydrogens (tertiary/aromatic N) is 2. The van der Waals surface area contributed by atoms with E-state index < -0.39 is 25.5 Å². The fourth-order valence-electron chi connectivity index (χ4n) is 5.68. The third kappa shape index (κ3) is 4.87. The Balaban J connectivity index is 1.52. The molecule has 0 bridgehead atoms. The molecule has 0 N–H and O–H groups in total. The molecule has 0 unspecified atom stereocenters. The molecule has 3 aromatic carbocycles. The molecule has 1 aliphatic rings. The largest absolute Gasteiger partial charge is 0.401 e. The van der Waals surface area contributed by atoms with Gasteiger partial charge in [0, 0.05) is 23.7 Å². The minimum Gasteiger partial charge on any atom is -0.401 e. The number of benzene rings is 3. The van der Waals surface area contributed by atoms with Crippen molar-refractivity contribution in [3.8, 4) is 0 Å². The molecule has 0 amide bonds. The van der Waals surface area contributed by atoms with E-state index >= 15 is 0 Å². The van der Waals surface area contributed by atoms with E-state index in [4.69, 9.17) is 4.43 Å². The van der Waals surface area contributed by atoms with Crippen LogP contribution in [0, 0.1) is 6.92 Å². The molecule has 7 heteroatoms. The van der Waals surface area contributed by atoms with Crippen LogP contribution in [0.3, 0.4) is 0 Å². The summed E-state index contributed by atoms with van der Waals surface area (Å²) in [5.74, 6) is -0.630. The van der Waals surface area contributed by atoms with Crippen molar-refractivity contribution >= 4 is 24.6 Å². The summed E-state index contributed by atoms with van der Waals surface area (Å²) in [4.78, 5) is 39.7. The van der Waals surface area contributed by atoms with Crippen LogP contribution in [0.5, 0.6) is 0 Å². The number of hydrogen-bond acceptors (Lipinski definition) is 4. The maximum Gasteiger partial charge on any atom is 0.338 e. The molecule has 1 aliphatic carbocycles. The van der Waals surface area contributed by atoms with E-state index in [0.29, 0.717) is 12.0 Å². The molecule has 0 fully saturated rings. The molecule has 204 valence electrons. The van der Waals surface area contributed by atoms with Gasteiger partial charge in [0.1, 0.15) is 0 Å². The Kier molecular flexibility index (Phi) is 7.44. The summed E-state index contributed by atoms with van der Waals surface area (Å²) in [6, 6.07) is 28.9. The van der Waals surface area contributed by atoms with Crippen LogP contribution in [0.2, 0.25) is 5.04 Å². The van der Waals surface area contributed by atoms with E-state index in [9.17, 15) is 14.4 Å². The average molecular weight is 551 g/mol. The molecular weight excluding hydrogens is 516 g/mol. The maximum absolute atomic E-state index is 13.6. The molecule has 6 nitrogen and oxygen atoms in total. The minimum atomic E-state index is -2.80. The number of hydrogen-bond donors (Lipinski definition) is 0. The van der Waals surface area contributed by atoms with Gasteiger partial charge >= 0.3 is 5.69 Å². The monoisotopic (exact) mass is 550 g/mol. The number of carbonyl (C=O) groups is 1. The molecule has 0 spiro atoms. The van der Waals surface area contributed by atoms with Crippen molar-refractivity contribution in [2.45, 2.75) is 51.3 Å². The van der Waals surface area contributed by atoms with E-state index in [1.807, 2.05) is 24.3 Å². The van der Waals surface area contributed by atoms with Gasteiger partial charge in [-0.25, -0.2) is 4.79 Å². The summed E-state index contributed by atoms with van der Waals surface area (Å²) in [5.41, 5.74) is -0.635. The first-order valence-corrected chi connectivity index (χ1v) is 15.5. The van der Waals surface area contributed by atoms with Gasteiger partial charge in [-0.2, -0.15) is 4.57 Å². The zero-order valence-electron chi connectivity index (χ0n) is 23.3. The van der Waals surface area contributed by atoms with Crippen molar-refractivity contribution < 1.29 is 9.22 Å². The summed E-state index contributed by atoms with van der Waals surface area (Å²) in [5, 5.41) is 2.17. The number of carbonyl (C=O) groups excluding carboxylic acids is 1. The van der Waals surface area contributed by atoms with Crippen LogP contribution in [0.15, 0.2) is 119 Å². The van der Waals surface area contributed by atoms with Crippen LogP contribution in [-0.2, 0) is 4.43 Å². The Morgan fingerprint density at radius 2 is 1.35 bits per heavy atom. The average Bonchev–Trinajstić information content (AvgIpc) is 3.42. The van der Waals surface area contributed by atoms with Crippen LogP contribution in [0.25, 0.3) is 0 Å². The molecule has 1 aromatic heterocycles.